The molecule has 2 atom stereocenters. The van der Waals surface area contributed by atoms with Gasteiger partial charge in [-0.05, 0) is 63.4 Å². The number of carbonyl (C=O) groups is 2. The number of aliphatic carboxylic acids is 1. The number of benzene rings is 2. The highest BCUT2D eigenvalue weighted by Gasteiger charge is 2.27. The lowest BCUT2D eigenvalue weighted by atomic mass is 10.00. The van der Waals surface area contributed by atoms with Crippen LogP contribution in [0, 0.1) is 0 Å². The van der Waals surface area contributed by atoms with E-state index in [0.717, 1.165) is 16.7 Å². The molecule has 5 nitrogen and oxygen atoms in total. The first-order valence-corrected chi connectivity index (χ1v) is 9.98. The second-order valence-corrected chi connectivity index (χ2v) is 8.68. The third kappa shape index (κ3) is 7.03. The predicted molar refractivity (Wildman–Crippen MR) is 115 cm³/mol. The topological polar surface area (TPSA) is 75.6 Å². The van der Waals surface area contributed by atoms with Crippen LogP contribution in [0.25, 0.3) is 11.1 Å². The highest BCUT2D eigenvalue weighted by Crippen LogP contribution is 2.30. The van der Waals surface area contributed by atoms with Crippen molar-refractivity contribution in [2.24, 2.45) is 0 Å². The first kappa shape index (κ1) is 23.2. The van der Waals surface area contributed by atoms with Crippen molar-refractivity contribution >= 4 is 35.1 Å². The number of rotatable bonds is 7. The molecule has 0 heterocycles. The van der Waals surface area contributed by atoms with Crippen molar-refractivity contribution in [3.63, 3.8) is 0 Å². The molecular weight excluding hydrogens is 413 g/mol. The van der Waals surface area contributed by atoms with Gasteiger partial charge in [-0.1, -0.05) is 47.5 Å². The fourth-order valence-corrected chi connectivity index (χ4v) is 3.15. The molecule has 2 rings (SSSR count). The Hall–Kier alpha value is -2.08. The molecule has 0 aliphatic heterocycles. The number of ether oxygens (including phenoxy) is 1. The average molecular weight is 438 g/mol. The summed E-state index contributed by atoms with van der Waals surface area (Å²) in [6, 6.07) is 10.9. The Balaban J connectivity index is 2.10. The van der Waals surface area contributed by atoms with Crippen molar-refractivity contribution in [3.05, 3.63) is 58.1 Å². The summed E-state index contributed by atoms with van der Waals surface area (Å²) >= 11 is 12.3. The van der Waals surface area contributed by atoms with Gasteiger partial charge in [0.1, 0.15) is 17.7 Å². The van der Waals surface area contributed by atoms with Crippen LogP contribution >= 0.6 is 23.2 Å². The Morgan fingerprint density at radius 1 is 1.10 bits per heavy atom. The summed E-state index contributed by atoms with van der Waals surface area (Å²) in [6.07, 6.45) is 0.214. The molecule has 29 heavy (non-hydrogen) atoms. The fourth-order valence-electron chi connectivity index (χ4n) is 2.75. The van der Waals surface area contributed by atoms with E-state index < -0.39 is 29.6 Å². The Morgan fingerprint density at radius 2 is 1.72 bits per heavy atom. The van der Waals surface area contributed by atoms with E-state index in [9.17, 15) is 14.7 Å². The van der Waals surface area contributed by atoms with Gasteiger partial charge in [-0.2, -0.15) is 0 Å². The lowest BCUT2D eigenvalue weighted by Gasteiger charge is -2.24. The summed E-state index contributed by atoms with van der Waals surface area (Å²) in [5.74, 6) is -1.53. The van der Waals surface area contributed by atoms with Crippen LogP contribution in [-0.4, -0.2) is 34.7 Å². The summed E-state index contributed by atoms with van der Waals surface area (Å²) < 4.78 is 5.30. The maximum atomic E-state index is 12.1. The number of esters is 1. The standard InChI is InChI=1S/C22H25Cl2NO4/c1-13(21(28)29-22(2,3)4)25-19(20(26)27)11-14-5-7-15(8-6-14)17-12-16(23)9-10-18(17)24/h5-10,12-13,19,25H,11H2,1-4H3,(H,26,27)/t13-,19-/m0/s1. The van der Waals surface area contributed by atoms with E-state index in [2.05, 4.69) is 5.32 Å². The van der Waals surface area contributed by atoms with Crippen LogP contribution in [0.2, 0.25) is 10.0 Å². The van der Waals surface area contributed by atoms with Gasteiger partial charge in [0.2, 0.25) is 0 Å². The van der Waals surface area contributed by atoms with Crippen molar-refractivity contribution in [1.29, 1.82) is 0 Å². The molecule has 0 radical (unpaired) electrons. The molecule has 0 saturated carbocycles. The minimum absolute atomic E-state index is 0.214. The first-order valence-electron chi connectivity index (χ1n) is 9.22. The second-order valence-electron chi connectivity index (χ2n) is 7.84. The molecule has 0 amide bonds. The highest BCUT2D eigenvalue weighted by molar-refractivity contribution is 6.35. The Morgan fingerprint density at radius 3 is 2.28 bits per heavy atom. The maximum absolute atomic E-state index is 12.1. The lowest BCUT2D eigenvalue weighted by Crippen LogP contribution is -2.48. The second kappa shape index (κ2) is 9.61. The van der Waals surface area contributed by atoms with Crippen molar-refractivity contribution in [2.75, 3.05) is 0 Å². The number of hydrogen-bond donors (Lipinski definition) is 2. The molecular formula is C22H25Cl2NO4. The molecule has 0 fully saturated rings. The summed E-state index contributed by atoms with van der Waals surface area (Å²) in [5, 5.41) is 13.6. The number of halogens is 2. The number of carbonyl (C=O) groups excluding carboxylic acids is 1. The fraction of sp³-hybridized carbons (Fsp3) is 0.364. The molecule has 0 aliphatic rings. The van der Waals surface area contributed by atoms with E-state index >= 15 is 0 Å². The van der Waals surface area contributed by atoms with Gasteiger partial charge in [-0.25, -0.2) is 0 Å². The summed E-state index contributed by atoms with van der Waals surface area (Å²) in [4.78, 5) is 23.8. The van der Waals surface area contributed by atoms with Crippen LogP contribution in [0.3, 0.4) is 0 Å². The zero-order chi connectivity index (χ0) is 21.8. The van der Waals surface area contributed by atoms with Gasteiger partial charge >= 0.3 is 11.9 Å². The van der Waals surface area contributed by atoms with E-state index in [4.69, 9.17) is 27.9 Å². The quantitative estimate of drug-likeness (QED) is 0.597. The zero-order valence-electron chi connectivity index (χ0n) is 16.8. The summed E-state index contributed by atoms with van der Waals surface area (Å²) in [7, 11) is 0. The third-order valence-electron chi connectivity index (χ3n) is 4.14. The lowest BCUT2D eigenvalue weighted by molar-refractivity contribution is -0.157. The highest BCUT2D eigenvalue weighted by atomic mass is 35.5. The van der Waals surface area contributed by atoms with Gasteiger partial charge in [-0.15, -0.1) is 0 Å². The van der Waals surface area contributed by atoms with Gasteiger partial charge in [0.15, 0.2) is 0 Å². The van der Waals surface area contributed by atoms with Crippen LogP contribution in [0.4, 0.5) is 0 Å². The Labute approximate surface area is 181 Å². The van der Waals surface area contributed by atoms with Crippen LogP contribution < -0.4 is 5.32 Å². The molecule has 7 heteroatoms. The van der Waals surface area contributed by atoms with Crippen molar-refractivity contribution in [3.8, 4) is 11.1 Å². The summed E-state index contributed by atoms with van der Waals surface area (Å²) in [5.41, 5.74) is 1.85. The van der Waals surface area contributed by atoms with Crippen molar-refractivity contribution in [2.45, 2.75) is 51.8 Å². The number of nitrogens with one attached hydrogen (secondary N) is 1. The minimum Gasteiger partial charge on any atom is -0.480 e. The van der Waals surface area contributed by atoms with Crippen LogP contribution in [0.5, 0.6) is 0 Å². The van der Waals surface area contributed by atoms with E-state index in [1.54, 1.807) is 45.9 Å². The number of carboxylic acids is 1. The zero-order valence-corrected chi connectivity index (χ0v) is 18.3. The maximum Gasteiger partial charge on any atom is 0.323 e. The molecule has 2 aromatic rings. The average Bonchev–Trinajstić information content (AvgIpc) is 2.62. The van der Waals surface area contributed by atoms with Crippen molar-refractivity contribution < 1.29 is 19.4 Å². The van der Waals surface area contributed by atoms with E-state index in [-0.39, 0.29) is 6.42 Å². The minimum atomic E-state index is -1.04. The monoisotopic (exact) mass is 437 g/mol. The van der Waals surface area contributed by atoms with E-state index in [0.29, 0.717) is 10.0 Å². The molecule has 0 aliphatic carbocycles. The van der Waals surface area contributed by atoms with Gasteiger partial charge in [0.05, 0.1) is 0 Å². The third-order valence-corrected chi connectivity index (χ3v) is 4.71. The number of carboxylic acid groups (broad SMARTS) is 1. The SMILES string of the molecule is C[C@H](N[C@@H](Cc1ccc(-c2cc(Cl)ccc2Cl)cc1)C(=O)O)C(=O)OC(C)(C)C. The van der Waals surface area contributed by atoms with Gasteiger partial charge in [0.25, 0.3) is 0 Å². The Bertz CT molecular complexity index is 875. The normalized spacial score (nSPS) is 13.6. The van der Waals surface area contributed by atoms with Crippen LogP contribution in [0.1, 0.15) is 33.3 Å². The molecule has 0 unspecified atom stereocenters. The van der Waals surface area contributed by atoms with Crippen LogP contribution in [0.15, 0.2) is 42.5 Å². The molecule has 0 saturated heterocycles. The molecule has 0 bridgehead atoms. The molecule has 2 N–H and O–H groups in total. The van der Waals surface area contributed by atoms with E-state index in [1.165, 1.54) is 0 Å². The predicted octanol–water partition coefficient (Wildman–Crippen LogP) is 4.98. The van der Waals surface area contributed by atoms with Crippen LogP contribution in [-0.2, 0) is 20.7 Å². The van der Waals surface area contributed by atoms with Gasteiger partial charge in [0, 0.05) is 15.6 Å². The number of hydrogen-bond acceptors (Lipinski definition) is 4. The molecule has 0 aromatic heterocycles. The van der Waals surface area contributed by atoms with Gasteiger partial charge < -0.3 is 9.84 Å². The summed E-state index contributed by atoms with van der Waals surface area (Å²) in [6.45, 7) is 6.88. The molecule has 156 valence electrons. The van der Waals surface area contributed by atoms with Gasteiger partial charge in [-0.3, -0.25) is 14.9 Å². The smallest absolute Gasteiger partial charge is 0.323 e. The van der Waals surface area contributed by atoms with Crippen molar-refractivity contribution in [1.82, 2.24) is 5.32 Å². The van der Waals surface area contributed by atoms with E-state index in [1.807, 2.05) is 24.3 Å². The largest absolute Gasteiger partial charge is 0.480 e. The molecule has 0 spiro atoms. The molecule has 2 aromatic carbocycles. The Kier molecular flexibility index (Phi) is 7.69. The first-order chi connectivity index (χ1) is 13.5.